The van der Waals surface area contributed by atoms with Crippen LogP contribution in [0.3, 0.4) is 0 Å². The summed E-state index contributed by atoms with van der Waals surface area (Å²) < 4.78 is 0. The zero-order valence-corrected chi connectivity index (χ0v) is 21.5. The molecule has 6 rings (SSSR count). The van der Waals surface area contributed by atoms with Crippen molar-refractivity contribution in [3.63, 3.8) is 0 Å². The third-order valence-electron chi connectivity index (χ3n) is 7.21. The van der Waals surface area contributed by atoms with Gasteiger partial charge in [0.1, 0.15) is 5.01 Å². The molecule has 0 atom stereocenters. The molecule has 5 nitrogen and oxygen atoms in total. The lowest BCUT2D eigenvalue weighted by Gasteiger charge is -2.49. The van der Waals surface area contributed by atoms with Crippen LogP contribution >= 0.6 is 22.7 Å². The Morgan fingerprint density at radius 1 is 0.971 bits per heavy atom. The van der Waals surface area contributed by atoms with Crippen LogP contribution in [0.1, 0.15) is 49.1 Å². The summed E-state index contributed by atoms with van der Waals surface area (Å²) >= 11 is 3.52. The molecule has 2 aromatic heterocycles. The molecule has 1 saturated heterocycles. The molecule has 1 saturated carbocycles. The van der Waals surface area contributed by atoms with Crippen LogP contribution in [0, 0.1) is 0 Å². The molecule has 0 unspecified atom stereocenters. The number of hydrogen-bond acceptors (Lipinski definition) is 7. The van der Waals surface area contributed by atoms with Crippen LogP contribution in [-0.4, -0.2) is 33.8 Å². The summed E-state index contributed by atoms with van der Waals surface area (Å²) in [6.07, 6.45) is 5.47. The topological polar surface area (TPSA) is 84.1 Å². The number of benzene rings is 2. The van der Waals surface area contributed by atoms with Crippen LogP contribution in [0.15, 0.2) is 60.8 Å². The summed E-state index contributed by atoms with van der Waals surface area (Å²) in [5.74, 6) is 0.548. The van der Waals surface area contributed by atoms with Crippen molar-refractivity contribution >= 4 is 22.7 Å². The second-order valence-corrected chi connectivity index (χ2v) is 12.3. The van der Waals surface area contributed by atoms with E-state index in [1.165, 1.54) is 15.4 Å². The smallest absolute Gasteiger partial charge is 0.136 e. The molecule has 0 radical (unpaired) electrons. The number of hydrogen-bond donors (Lipinski definition) is 3. The average Bonchev–Trinajstić information content (AvgIpc) is 3.52. The third kappa shape index (κ3) is 4.47. The molecule has 4 N–H and O–H groups in total. The van der Waals surface area contributed by atoms with Gasteiger partial charge in [0.2, 0.25) is 0 Å². The lowest BCUT2D eigenvalue weighted by Crippen LogP contribution is -2.58. The van der Waals surface area contributed by atoms with Gasteiger partial charge in [-0.15, -0.1) is 22.7 Å². The van der Waals surface area contributed by atoms with E-state index >= 15 is 0 Å². The van der Waals surface area contributed by atoms with Crippen LogP contribution < -0.4 is 11.1 Å². The van der Waals surface area contributed by atoms with Gasteiger partial charge in [0, 0.05) is 23.2 Å². The summed E-state index contributed by atoms with van der Waals surface area (Å²) in [5.41, 5.74) is 9.76. The predicted octanol–water partition coefficient (Wildman–Crippen LogP) is 5.77. The maximum absolute atomic E-state index is 10.2. The molecule has 1 aliphatic heterocycles. The number of thiazole rings is 2. The first-order valence-corrected chi connectivity index (χ1v) is 13.9. The molecule has 180 valence electrons. The molecule has 1 aliphatic carbocycles. The lowest BCUT2D eigenvalue weighted by atomic mass is 9.63. The molecule has 4 aromatic rings. The van der Waals surface area contributed by atoms with Crippen molar-refractivity contribution in [1.29, 1.82) is 0 Å². The van der Waals surface area contributed by atoms with Crippen molar-refractivity contribution in [3.8, 4) is 31.6 Å². The van der Waals surface area contributed by atoms with Gasteiger partial charge in [-0.25, -0.2) is 9.97 Å². The zero-order chi connectivity index (χ0) is 24.0. The molecule has 0 spiro atoms. The highest BCUT2D eigenvalue weighted by molar-refractivity contribution is 7.23. The van der Waals surface area contributed by atoms with Crippen LogP contribution in [0.2, 0.25) is 0 Å². The molecular weight excluding hydrogens is 472 g/mol. The number of aliphatic hydroxyl groups is 1. The third-order valence-corrected chi connectivity index (χ3v) is 9.65. The first-order valence-electron chi connectivity index (χ1n) is 12.3. The van der Waals surface area contributed by atoms with Gasteiger partial charge >= 0.3 is 0 Å². The number of nitrogens with two attached hydrogens (primary N) is 1. The largest absolute Gasteiger partial charge is 0.390 e. The van der Waals surface area contributed by atoms with Gasteiger partial charge in [-0.05, 0) is 56.8 Å². The summed E-state index contributed by atoms with van der Waals surface area (Å²) in [6, 6.07) is 18.9. The number of rotatable bonds is 5. The van der Waals surface area contributed by atoms with Gasteiger partial charge in [0.05, 0.1) is 26.1 Å². The van der Waals surface area contributed by atoms with Crippen molar-refractivity contribution in [1.82, 2.24) is 15.3 Å². The van der Waals surface area contributed by atoms with E-state index in [-0.39, 0.29) is 0 Å². The Labute approximate surface area is 214 Å². The Balaban J connectivity index is 1.35. The molecule has 3 heterocycles. The number of nitrogens with one attached hydrogen (secondary N) is 1. The fourth-order valence-corrected chi connectivity index (χ4v) is 7.74. The normalized spacial score (nSPS) is 24.9. The second kappa shape index (κ2) is 8.91. The summed E-state index contributed by atoms with van der Waals surface area (Å²) in [4.78, 5) is 12.2. The van der Waals surface area contributed by atoms with Gasteiger partial charge in [-0.3, -0.25) is 0 Å². The van der Waals surface area contributed by atoms with E-state index in [1.807, 2.05) is 19.2 Å². The monoisotopic (exact) mass is 502 g/mol. The summed E-state index contributed by atoms with van der Waals surface area (Å²) in [6.45, 7) is 3.99. The van der Waals surface area contributed by atoms with Gasteiger partial charge in [-0.2, -0.15) is 0 Å². The van der Waals surface area contributed by atoms with E-state index < -0.39 is 11.1 Å². The van der Waals surface area contributed by atoms with E-state index in [9.17, 15) is 5.11 Å². The van der Waals surface area contributed by atoms with Gasteiger partial charge in [-0.1, -0.05) is 54.6 Å². The fourth-order valence-electron chi connectivity index (χ4n) is 5.52. The number of piperidine rings is 1. The molecule has 2 aromatic carbocycles. The number of nitrogens with zero attached hydrogens (tertiary/aromatic N) is 2. The first kappa shape index (κ1) is 23.0. The quantitative estimate of drug-likeness (QED) is 0.323. The number of aromatic nitrogens is 2. The second-order valence-electron chi connectivity index (χ2n) is 10.2. The molecule has 35 heavy (non-hydrogen) atoms. The fraction of sp³-hybridized carbons (Fsp3) is 0.357. The molecule has 2 fully saturated rings. The summed E-state index contributed by atoms with van der Waals surface area (Å²) in [5, 5.41) is 15.9. The van der Waals surface area contributed by atoms with E-state index in [0.717, 1.165) is 52.6 Å². The van der Waals surface area contributed by atoms with Crippen LogP contribution in [0.25, 0.3) is 31.6 Å². The van der Waals surface area contributed by atoms with E-state index in [2.05, 4.69) is 53.8 Å². The molecule has 7 heteroatoms. The Hall–Kier alpha value is -2.42. The maximum Gasteiger partial charge on any atom is 0.136 e. The minimum Gasteiger partial charge on any atom is -0.390 e. The van der Waals surface area contributed by atoms with Crippen LogP contribution in [0.5, 0.6) is 0 Å². The van der Waals surface area contributed by atoms with Crippen molar-refractivity contribution < 1.29 is 5.11 Å². The van der Waals surface area contributed by atoms with Crippen molar-refractivity contribution in [2.75, 3.05) is 13.1 Å². The highest BCUT2D eigenvalue weighted by atomic mass is 32.1. The van der Waals surface area contributed by atoms with Gasteiger partial charge in [0.25, 0.3) is 0 Å². The van der Waals surface area contributed by atoms with Crippen molar-refractivity contribution in [2.45, 2.75) is 49.7 Å². The van der Waals surface area contributed by atoms with Gasteiger partial charge in [0.15, 0.2) is 0 Å². The van der Waals surface area contributed by atoms with Crippen molar-refractivity contribution in [3.05, 3.63) is 71.4 Å². The molecule has 0 amide bonds. The van der Waals surface area contributed by atoms with Gasteiger partial charge < -0.3 is 16.2 Å². The highest BCUT2D eigenvalue weighted by Gasteiger charge is 2.49. The Morgan fingerprint density at radius 2 is 1.69 bits per heavy atom. The maximum atomic E-state index is 10.2. The van der Waals surface area contributed by atoms with E-state index in [4.69, 9.17) is 15.7 Å². The van der Waals surface area contributed by atoms with Crippen LogP contribution in [-0.2, 0) is 5.54 Å². The molecule has 0 bridgehead atoms. The SMILES string of the molecule is C[C@]1(O)C[C@@](N)(c2ccc(-c3nc(-c4cnc(C5CCNCC5)s4)sc3-c3ccccc3)cc2)C1. The lowest BCUT2D eigenvalue weighted by molar-refractivity contribution is -0.0738. The molecular formula is C28H30N4OS2. The minimum atomic E-state index is -0.667. The standard InChI is InChI=1S/C28H30N4OS2/c1-27(33)16-28(29,17-27)21-9-7-18(8-10-21)23-24(19-5-3-2-4-6-19)35-26(32-23)22-15-31-25(34-22)20-11-13-30-14-12-20/h2-10,15,20,30,33H,11-14,16-17,29H2,1H3/t27-,28-. The Kier molecular flexibility index (Phi) is 5.86. The minimum absolute atomic E-state index is 0.453. The molecule has 2 aliphatic rings. The Morgan fingerprint density at radius 3 is 2.37 bits per heavy atom. The zero-order valence-electron chi connectivity index (χ0n) is 19.8. The van der Waals surface area contributed by atoms with E-state index in [0.29, 0.717) is 18.8 Å². The average molecular weight is 503 g/mol. The van der Waals surface area contributed by atoms with Crippen molar-refractivity contribution in [2.24, 2.45) is 5.73 Å². The summed E-state index contributed by atoms with van der Waals surface area (Å²) in [7, 11) is 0. The Bertz CT molecular complexity index is 1310. The van der Waals surface area contributed by atoms with Crippen LogP contribution in [0.4, 0.5) is 0 Å². The van der Waals surface area contributed by atoms with E-state index in [1.54, 1.807) is 22.7 Å². The first-order chi connectivity index (χ1) is 16.9. The predicted molar refractivity (Wildman–Crippen MR) is 145 cm³/mol. The highest BCUT2D eigenvalue weighted by Crippen LogP contribution is 2.47.